The van der Waals surface area contributed by atoms with Crippen LogP contribution in [0.5, 0.6) is 0 Å². The predicted octanol–water partition coefficient (Wildman–Crippen LogP) is 12.4. The zero-order valence-corrected chi connectivity index (χ0v) is 31.9. The van der Waals surface area contributed by atoms with Crippen LogP contribution in [-0.2, 0) is 21.7 Å². The molecule has 0 radical (unpaired) electrons. The van der Waals surface area contributed by atoms with E-state index in [1.54, 1.807) is 11.1 Å². The summed E-state index contributed by atoms with van der Waals surface area (Å²) in [5.41, 5.74) is 14.0. The Kier molecular flexibility index (Phi) is 5.12. The van der Waals surface area contributed by atoms with Crippen LogP contribution in [0.15, 0.2) is 54.6 Å². The standard InChI is InChI=1S/C50H49NO2/c1-45-15-19-47(3,20-16-45)43(52)32-26-38-29(24-36(32)45)31-23-30-28-9-5-6-10-35(28)49-11-7-13-50(49,14-8-12-49)41(30)40-34-25-37-33(27-39(34)51(38)42(31)40)44(53)48(4)21-17-46(37,2)18-22-48/h5-6,9-10,23-27H,7-8,11-22H2,1-4H3. The highest BCUT2D eigenvalue weighted by Gasteiger charge is 2.63. The van der Waals surface area contributed by atoms with Gasteiger partial charge in [0.2, 0.25) is 0 Å². The summed E-state index contributed by atoms with van der Waals surface area (Å²) in [5, 5.41) is 5.40. The number of carbonyl (C=O) groups is 2. The second-order valence-electron chi connectivity index (χ2n) is 20.6. The molecular weight excluding hydrogens is 647 g/mol. The lowest BCUT2D eigenvalue weighted by Crippen LogP contribution is -2.43. The van der Waals surface area contributed by atoms with Gasteiger partial charge in [0.15, 0.2) is 11.6 Å². The number of ketones is 2. The van der Waals surface area contributed by atoms with Crippen LogP contribution in [0.1, 0.15) is 161 Å². The molecule has 9 aliphatic rings. The van der Waals surface area contributed by atoms with E-state index in [0.717, 1.165) is 68.0 Å². The van der Waals surface area contributed by atoms with Crippen molar-refractivity contribution in [3.8, 4) is 11.1 Å². The fourth-order valence-corrected chi connectivity index (χ4v) is 14.9. The first-order chi connectivity index (χ1) is 25.4. The van der Waals surface area contributed by atoms with Crippen molar-refractivity contribution in [2.24, 2.45) is 10.8 Å². The average Bonchev–Trinajstić information content (AvgIpc) is 3.87. The number of fused-ring (bicyclic) bond motifs is 14. The highest BCUT2D eigenvalue weighted by atomic mass is 16.1. The topological polar surface area (TPSA) is 38.5 Å². The predicted molar refractivity (Wildman–Crippen MR) is 214 cm³/mol. The molecule has 4 fully saturated rings. The first kappa shape index (κ1) is 30.4. The van der Waals surface area contributed by atoms with Crippen LogP contribution < -0.4 is 0 Å². The van der Waals surface area contributed by atoms with Crippen molar-refractivity contribution < 1.29 is 9.59 Å². The normalized spacial score (nSPS) is 36.5. The van der Waals surface area contributed by atoms with E-state index in [2.05, 4.69) is 86.7 Å². The zero-order chi connectivity index (χ0) is 35.7. The van der Waals surface area contributed by atoms with Gasteiger partial charge in [-0.3, -0.25) is 9.59 Å². The molecule has 15 rings (SSSR count). The average molecular weight is 696 g/mol. The summed E-state index contributed by atoms with van der Waals surface area (Å²) in [6, 6.07) is 21.7. The Balaban J connectivity index is 1.26. The van der Waals surface area contributed by atoms with E-state index in [-0.39, 0.29) is 32.5 Å². The van der Waals surface area contributed by atoms with E-state index in [1.165, 1.54) is 93.4 Å². The van der Waals surface area contributed by atoms with Crippen molar-refractivity contribution in [3.63, 3.8) is 0 Å². The number of Topliss-reactive ketones (excluding diaryl/α,β-unsaturated/α-hetero) is 2. The Labute approximate surface area is 311 Å². The zero-order valence-electron chi connectivity index (χ0n) is 31.9. The van der Waals surface area contributed by atoms with Gasteiger partial charge in [0.25, 0.3) is 0 Å². The number of hydrogen-bond acceptors (Lipinski definition) is 2. The second-order valence-corrected chi connectivity index (χ2v) is 20.6. The number of carbonyl (C=O) groups excluding carboxylic acids is 2. The van der Waals surface area contributed by atoms with E-state index >= 15 is 0 Å². The maximum Gasteiger partial charge on any atom is 0.169 e. The van der Waals surface area contributed by atoms with Crippen LogP contribution in [0.4, 0.5) is 0 Å². The first-order valence-electron chi connectivity index (χ1n) is 21.0. The maximum atomic E-state index is 14.7. The lowest BCUT2D eigenvalue weighted by molar-refractivity contribution is 0.0726. The number of hydrogen-bond donors (Lipinski definition) is 0. The third-order valence-electron chi connectivity index (χ3n) is 18.2. The minimum absolute atomic E-state index is 0.00653. The van der Waals surface area contributed by atoms with E-state index in [1.807, 2.05) is 0 Å². The molecule has 0 unspecified atom stereocenters. The van der Waals surface area contributed by atoms with Crippen molar-refractivity contribution in [2.75, 3.05) is 0 Å². The molecule has 3 heteroatoms. The second kappa shape index (κ2) is 8.93. The summed E-state index contributed by atoms with van der Waals surface area (Å²) < 4.78 is 2.55. The van der Waals surface area contributed by atoms with E-state index in [0.29, 0.717) is 11.6 Å². The van der Waals surface area contributed by atoms with Crippen molar-refractivity contribution in [1.29, 1.82) is 0 Å². The van der Waals surface area contributed by atoms with E-state index < -0.39 is 0 Å². The smallest absolute Gasteiger partial charge is 0.169 e. The van der Waals surface area contributed by atoms with Crippen molar-refractivity contribution in [3.05, 3.63) is 88.0 Å². The molecule has 0 saturated heterocycles. The van der Waals surface area contributed by atoms with Gasteiger partial charge in [-0.2, -0.15) is 0 Å². The summed E-state index contributed by atoms with van der Waals surface area (Å²) in [4.78, 5) is 29.4. The molecule has 0 atom stereocenters. The molecule has 2 heterocycles. The Morgan fingerprint density at radius 3 is 1.58 bits per heavy atom. The molecule has 266 valence electrons. The summed E-state index contributed by atoms with van der Waals surface area (Å²) >= 11 is 0. The van der Waals surface area contributed by atoms with Crippen LogP contribution in [0.3, 0.4) is 0 Å². The highest BCUT2D eigenvalue weighted by molar-refractivity contribution is 6.28. The third-order valence-corrected chi connectivity index (χ3v) is 18.2. The molecule has 4 bridgehead atoms. The van der Waals surface area contributed by atoms with E-state index in [9.17, 15) is 9.59 Å². The lowest BCUT2D eigenvalue weighted by Gasteiger charge is -2.48. The summed E-state index contributed by atoms with van der Waals surface area (Å²) in [6.07, 6.45) is 15.8. The lowest BCUT2D eigenvalue weighted by atomic mass is 9.54. The van der Waals surface area contributed by atoms with E-state index in [4.69, 9.17) is 0 Å². The number of benzene rings is 4. The Morgan fingerprint density at radius 1 is 0.472 bits per heavy atom. The largest absolute Gasteiger partial charge is 0.308 e. The Morgan fingerprint density at radius 2 is 0.981 bits per heavy atom. The molecule has 6 aromatic rings. The van der Waals surface area contributed by atoms with Gasteiger partial charge in [0, 0.05) is 54.3 Å². The molecule has 0 amide bonds. The summed E-state index contributed by atoms with van der Waals surface area (Å²) in [6.45, 7) is 9.33. The van der Waals surface area contributed by atoms with Gasteiger partial charge in [-0.1, -0.05) is 64.8 Å². The first-order valence-corrected chi connectivity index (χ1v) is 21.0. The maximum absolute atomic E-state index is 14.7. The fraction of sp³-hybridized carbons (Fsp3) is 0.480. The minimum Gasteiger partial charge on any atom is -0.308 e. The van der Waals surface area contributed by atoms with Gasteiger partial charge in [-0.25, -0.2) is 0 Å². The van der Waals surface area contributed by atoms with Crippen LogP contribution in [0.25, 0.3) is 49.2 Å². The SMILES string of the molecule is CC12CCC(C)(CC1)c1cc3c4cc5c(c6c7cc8c(cc7n(c3cc1C2=O)c46)C(=O)C1(C)CCC8(C)CC1)C12CCCC1(CCC2)c1ccccc1-5. The van der Waals surface area contributed by atoms with Crippen molar-refractivity contribution in [1.82, 2.24) is 4.40 Å². The van der Waals surface area contributed by atoms with Gasteiger partial charge in [-0.15, -0.1) is 0 Å². The number of aromatic nitrogens is 1. The minimum atomic E-state index is -0.290. The molecule has 2 aromatic heterocycles. The Bertz CT molecular complexity index is 2730. The van der Waals surface area contributed by atoms with Crippen LogP contribution in [0.2, 0.25) is 0 Å². The van der Waals surface area contributed by atoms with Crippen molar-refractivity contribution >= 4 is 49.7 Å². The van der Waals surface area contributed by atoms with Gasteiger partial charge in [0.1, 0.15) is 0 Å². The Hall–Kier alpha value is -3.98. The summed E-state index contributed by atoms with van der Waals surface area (Å²) in [7, 11) is 0. The van der Waals surface area contributed by atoms with Gasteiger partial charge in [-0.05, 0) is 152 Å². The monoisotopic (exact) mass is 695 g/mol. The molecule has 0 N–H and O–H groups in total. The van der Waals surface area contributed by atoms with Crippen molar-refractivity contribution in [2.45, 2.75) is 139 Å². The molecule has 4 saturated carbocycles. The molecule has 53 heavy (non-hydrogen) atoms. The van der Waals surface area contributed by atoms with Gasteiger partial charge >= 0.3 is 0 Å². The number of rotatable bonds is 0. The molecular formula is C50H49NO2. The molecule has 9 aliphatic carbocycles. The molecule has 4 aromatic carbocycles. The van der Waals surface area contributed by atoms with Gasteiger partial charge < -0.3 is 4.40 Å². The van der Waals surface area contributed by atoms with Crippen LogP contribution in [-0.4, -0.2) is 16.0 Å². The third kappa shape index (κ3) is 3.14. The highest BCUT2D eigenvalue weighted by Crippen LogP contribution is 2.71. The van der Waals surface area contributed by atoms with Gasteiger partial charge in [0.05, 0.1) is 16.6 Å². The molecule has 3 nitrogen and oxygen atoms in total. The molecule has 0 aliphatic heterocycles. The quantitative estimate of drug-likeness (QED) is 0.159. The van der Waals surface area contributed by atoms with Crippen LogP contribution >= 0.6 is 0 Å². The van der Waals surface area contributed by atoms with Crippen LogP contribution in [0, 0.1) is 10.8 Å². The fourth-order valence-electron chi connectivity index (χ4n) is 14.9. The summed E-state index contributed by atoms with van der Waals surface area (Å²) in [5.74, 6) is 0.692. The molecule has 0 spiro atoms. The number of nitrogens with zero attached hydrogens (tertiary/aromatic N) is 1.